The summed E-state index contributed by atoms with van der Waals surface area (Å²) >= 11 is 12.2. The van der Waals surface area contributed by atoms with Crippen molar-refractivity contribution in [3.63, 3.8) is 0 Å². The standard InChI is InChI=1S/C30H34Cl2N6O4/c1-29(2,3)41-27(39)36-26(37-28(40)42-30(4,5)6)34-13-14-38-24-10-8-18(35-19-7-9-22(31)23(32)16-19)15-20(24)21-17-33-12-11-25(21)38/h7-12,15-17,35H,13-14H2,1-6H3,(H2,34,36,37,39,40). The number of fused-ring (bicyclic) bond motifs is 3. The molecule has 12 heteroatoms. The second kappa shape index (κ2) is 12.5. The molecule has 2 aromatic carbocycles. The normalized spacial score (nSPS) is 11.7. The number of nitrogens with zero attached hydrogens (tertiary/aromatic N) is 3. The zero-order chi connectivity index (χ0) is 30.7. The molecule has 0 saturated heterocycles. The van der Waals surface area contributed by atoms with Crippen LogP contribution in [-0.4, -0.2) is 45.4 Å². The van der Waals surface area contributed by atoms with Gasteiger partial charge in [-0.2, -0.15) is 0 Å². The van der Waals surface area contributed by atoms with Gasteiger partial charge in [0.25, 0.3) is 0 Å². The molecule has 0 radical (unpaired) electrons. The third-order valence-electron chi connectivity index (χ3n) is 5.71. The van der Waals surface area contributed by atoms with Crippen molar-refractivity contribution < 1.29 is 19.1 Å². The van der Waals surface area contributed by atoms with Crippen LogP contribution in [0.4, 0.5) is 21.0 Å². The van der Waals surface area contributed by atoms with Crippen molar-refractivity contribution in [2.45, 2.75) is 59.3 Å². The molecule has 2 aromatic heterocycles. The molecule has 0 aliphatic rings. The van der Waals surface area contributed by atoms with E-state index in [1.165, 1.54) is 0 Å². The third-order valence-corrected chi connectivity index (χ3v) is 6.45. The molecule has 222 valence electrons. The van der Waals surface area contributed by atoms with Gasteiger partial charge in [0.1, 0.15) is 11.2 Å². The second-order valence-corrected chi connectivity index (χ2v) is 12.3. The fraction of sp³-hybridized carbons (Fsp3) is 0.333. The van der Waals surface area contributed by atoms with Gasteiger partial charge in [-0.25, -0.2) is 9.59 Å². The van der Waals surface area contributed by atoms with Crippen molar-refractivity contribution >= 4 is 74.5 Å². The van der Waals surface area contributed by atoms with Crippen LogP contribution in [0.5, 0.6) is 0 Å². The number of benzene rings is 2. The summed E-state index contributed by atoms with van der Waals surface area (Å²) in [6.07, 6.45) is 2.06. The van der Waals surface area contributed by atoms with Crippen molar-refractivity contribution in [1.29, 1.82) is 0 Å². The molecule has 2 heterocycles. The number of aromatic nitrogens is 2. The summed E-state index contributed by atoms with van der Waals surface area (Å²) in [5.74, 6) is -0.0750. The van der Waals surface area contributed by atoms with Crippen LogP contribution in [0.2, 0.25) is 10.0 Å². The van der Waals surface area contributed by atoms with E-state index in [0.29, 0.717) is 16.6 Å². The smallest absolute Gasteiger partial charge is 0.414 e. The van der Waals surface area contributed by atoms with Crippen molar-refractivity contribution in [3.05, 3.63) is 64.9 Å². The number of aliphatic imine (C=N–C) groups is 1. The largest absolute Gasteiger partial charge is 0.444 e. The summed E-state index contributed by atoms with van der Waals surface area (Å²) in [7, 11) is 0. The van der Waals surface area contributed by atoms with Crippen LogP contribution >= 0.6 is 23.2 Å². The van der Waals surface area contributed by atoms with Crippen LogP contribution in [0.25, 0.3) is 21.8 Å². The highest BCUT2D eigenvalue weighted by Crippen LogP contribution is 2.32. The average Bonchev–Trinajstić information content (AvgIpc) is 3.17. The van der Waals surface area contributed by atoms with Crippen LogP contribution in [0.1, 0.15) is 41.5 Å². The fourth-order valence-corrected chi connectivity index (χ4v) is 4.48. The number of nitrogens with one attached hydrogen (secondary N) is 3. The molecular weight excluding hydrogens is 579 g/mol. The Balaban J connectivity index is 1.60. The van der Waals surface area contributed by atoms with Crippen molar-refractivity contribution in [1.82, 2.24) is 20.2 Å². The first-order valence-electron chi connectivity index (χ1n) is 13.3. The van der Waals surface area contributed by atoms with Crippen LogP contribution in [0, 0.1) is 0 Å². The quantitative estimate of drug-likeness (QED) is 0.157. The van der Waals surface area contributed by atoms with E-state index in [1.807, 2.05) is 36.5 Å². The predicted molar refractivity (Wildman–Crippen MR) is 168 cm³/mol. The van der Waals surface area contributed by atoms with E-state index >= 15 is 0 Å². The Labute approximate surface area is 254 Å². The van der Waals surface area contributed by atoms with E-state index in [9.17, 15) is 9.59 Å². The number of anilines is 2. The minimum absolute atomic E-state index is 0.0750. The van der Waals surface area contributed by atoms with Gasteiger partial charge in [-0.1, -0.05) is 23.2 Å². The molecule has 0 saturated carbocycles. The molecule has 0 aliphatic heterocycles. The van der Waals surface area contributed by atoms with E-state index in [-0.39, 0.29) is 12.5 Å². The van der Waals surface area contributed by atoms with Crippen molar-refractivity contribution in [2.75, 3.05) is 11.9 Å². The number of hydrogen-bond donors (Lipinski definition) is 3. The Morgan fingerprint density at radius 1 is 0.833 bits per heavy atom. The van der Waals surface area contributed by atoms with Gasteiger partial charge in [0.05, 0.1) is 22.1 Å². The number of carbonyl (C=O) groups excluding carboxylic acids is 2. The number of halogens is 2. The van der Waals surface area contributed by atoms with Crippen molar-refractivity contribution in [2.24, 2.45) is 4.99 Å². The van der Waals surface area contributed by atoms with Crippen molar-refractivity contribution in [3.8, 4) is 0 Å². The predicted octanol–water partition coefficient (Wildman–Crippen LogP) is 7.65. The molecule has 3 N–H and O–H groups in total. The van der Waals surface area contributed by atoms with Gasteiger partial charge in [0.15, 0.2) is 0 Å². The maximum Gasteiger partial charge on any atom is 0.414 e. The lowest BCUT2D eigenvalue weighted by molar-refractivity contribution is 0.0545. The molecule has 4 rings (SSSR count). The molecule has 10 nitrogen and oxygen atoms in total. The summed E-state index contributed by atoms with van der Waals surface area (Å²) in [4.78, 5) is 33.7. The van der Waals surface area contributed by atoms with E-state index in [2.05, 4.69) is 30.5 Å². The van der Waals surface area contributed by atoms with E-state index in [1.54, 1.807) is 59.9 Å². The highest BCUT2D eigenvalue weighted by atomic mass is 35.5. The summed E-state index contributed by atoms with van der Waals surface area (Å²) in [6.45, 7) is 11.1. The van der Waals surface area contributed by atoms with E-state index in [0.717, 1.165) is 33.2 Å². The lowest BCUT2D eigenvalue weighted by atomic mass is 10.1. The zero-order valence-electron chi connectivity index (χ0n) is 24.3. The minimum atomic E-state index is -0.748. The zero-order valence-corrected chi connectivity index (χ0v) is 25.9. The lowest BCUT2D eigenvalue weighted by Gasteiger charge is -2.22. The Morgan fingerprint density at radius 2 is 1.43 bits per heavy atom. The minimum Gasteiger partial charge on any atom is -0.444 e. The number of amides is 2. The maximum absolute atomic E-state index is 12.4. The summed E-state index contributed by atoms with van der Waals surface area (Å²) in [5, 5.41) is 11.3. The number of ether oxygens (including phenoxy) is 2. The highest BCUT2D eigenvalue weighted by Gasteiger charge is 2.21. The third kappa shape index (κ3) is 8.27. The van der Waals surface area contributed by atoms with Crippen LogP contribution < -0.4 is 16.0 Å². The number of rotatable bonds is 5. The molecule has 0 aliphatic carbocycles. The van der Waals surface area contributed by atoms with Gasteiger partial charge in [0, 0.05) is 46.6 Å². The molecule has 42 heavy (non-hydrogen) atoms. The highest BCUT2D eigenvalue weighted by molar-refractivity contribution is 6.42. The molecule has 0 spiro atoms. The number of carbonyl (C=O) groups is 2. The molecule has 0 unspecified atom stereocenters. The Kier molecular flexibility index (Phi) is 9.18. The first-order valence-corrected chi connectivity index (χ1v) is 14.1. The molecule has 2 amide bonds. The van der Waals surface area contributed by atoms with Gasteiger partial charge >= 0.3 is 12.2 Å². The van der Waals surface area contributed by atoms with E-state index in [4.69, 9.17) is 32.7 Å². The fourth-order valence-electron chi connectivity index (χ4n) is 4.18. The average molecular weight is 614 g/mol. The second-order valence-electron chi connectivity index (χ2n) is 11.5. The van der Waals surface area contributed by atoms with Crippen LogP contribution in [0.3, 0.4) is 0 Å². The summed E-state index contributed by atoms with van der Waals surface area (Å²) < 4.78 is 12.8. The first-order chi connectivity index (χ1) is 19.7. The van der Waals surface area contributed by atoms with E-state index < -0.39 is 23.4 Å². The van der Waals surface area contributed by atoms with Crippen LogP contribution in [-0.2, 0) is 16.0 Å². The number of guanidine groups is 1. The maximum atomic E-state index is 12.4. The molecule has 0 atom stereocenters. The first kappa shape index (κ1) is 30.9. The molecule has 0 bridgehead atoms. The number of hydrogen-bond acceptors (Lipinski definition) is 7. The van der Waals surface area contributed by atoms with Crippen LogP contribution in [0.15, 0.2) is 59.9 Å². The SMILES string of the molecule is CC(C)(C)OC(=O)NC(=NCCn1c2ccncc2c2cc(Nc3ccc(Cl)c(Cl)c3)ccc21)NC(=O)OC(C)(C)C. The number of pyridine rings is 1. The van der Waals surface area contributed by atoms with Gasteiger partial charge < -0.3 is 19.4 Å². The van der Waals surface area contributed by atoms with Gasteiger partial charge in [-0.3, -0.25) is 20.6 Å². The Hall–Kier alpha value is -4.02. The lowest BCUT2D eigenvalue weighted by Crippen LogP contribution is -2.47. The van der Waals surface area contributed by atoms with Gasteiger partial charge in [0.2, 0.25) is 5.96 Å². The van der Waals surface area contributed by atoms with Gasteiger partial charge in [-0.15, -0.1) is 0 Å². The summed E-state index contributed by atoms with van der Waals surface area (Å²) in [5.41, 5.74) is 2.14. The molecule has 0 fully saturated rings. The Bertz CT molecular complexity index is 1620. The summed E-state index contributed by atoms with van der Waals surface area (Å²) in [6, 6.07) is 13.3. The number of alkyl carbamates (subject to hydrolysis) is 2. The Morgan fingerprint density at radius 3 is 2.05 bits per heavy atom. The topological polar surface area (TPSA) is 119 Å². The molecular formula is C30H34Cl2N6O4. The molecule has 4 aromatic rings. The van der Waals surface area contributed by atoms with Gasteiger partial charge in [-0.05, 0) is 84.0 Å². The monoisotopic (exact) mass is 612 g/mol.